The van der Waals surface area contributed by atoms with Crippen LogP contribution in [0.2, 0.25) is 5.02 Å². The molecule has 1 fully saturated rings. The molecule has 1 aromatic carbocycles. The van der Waals surface area contributed by atoms with Gasteiger partial charge in [-0.3, -0.25) is 4.79 Å². The van der Waals surface area contributed by atoms with Gasteiger partial charge in [-0.15, -0.1) is 0 Å². The molecule has 1 heterocycles. The lowest BCUT2D eigenvalue weighted by atomic mass is 10.2. The molecule has 0 unspecified atom stereocenters. The molecule has 0 N–H and O–H groups in total. The monoisotopic (exact) mass is 289 g/mol. The average molecular weight is 290 g/mol. The number of benzene rings is 1. The van der Waals surface area contributed by atoms with Gasteiger partial charge in [-0.05, 0) is 18.2 Å². The molecule has 1 aromatic rings. The minimum Gasteiger partial charge on any atom is -0.378 e. The molecular formula is C11H12ClNO4S. The van der Waals surface area contributed by atoms with Crippen molar-refractivity contribution in [2.75, 3.05) is 26.3 Å². The molecule has 1 aliphatic rings. The minimum absolute atomic E-state index is 0.0224. The Morgan fingerprint density at radius 2 is 1.94 bits per heavy atom. The minimum atomic E-state index is -2.80. The first-order valence-corrected chi connectivity index (χ1v) is 6.96. The molecule has 1 amide bonds. The van der Waals surface area contributed by atoms with Gasteiger partial charge in [0.25, 0.3) is 5.91 Å². The number of hydrogen-bond donors (Lipinski definition) is 1. The third kappa shape index (κ3) is 2.82. The Hall–Kier alpha value is -1.11. The van der Waals surface area contributed by atoms with Crippen LogP contribution in [0.4, 0.5) is 0 Å². The van der Waals surface area contributed by atoms with Crippen LogP contribution < -0.4 is 0 Å². The van der Waals surface area contributed by atoms with Crippen LogP contribution in [0.3, 0.4) is 0 Å². The summed E-state index contributed by atoms with van der Waals surface area (Å²) in [5, 5.41) is 0.129. The second-order valence-corrected chi connectivity index (χ2v) is 5.23. The van der Waals surface area contributed by atoms with Crippen molar-refractivity contribution in [2.45, 2.75) is 4.90 Å². The van der Waals surface area contributed by atoms with E-state index in [0.29, 0.717) is 31.9 Å². The van der Waals surface area contributed by atoms with Crippen LogP contribution in [0, 0.1) is 0 Å². The van der Waals surface area contributed by atoms with E-state index in [9.17, 15) is 13.2 Å². The van der Waals surface area contributed by atoms with Crippen molar-refractivity contribution in [1.82, 2.24) is 4.90 Å². The molecule has 0 spiro atoms. The molecule has 7 heteroatoms. The topological polar surface area (TPSA) is 63.7 Å². The standard InChI is InChI=1S/C11H12ClNO4S/c12-9-2-1-8(7-10(9)18(15)16)11(14)13-3-5-17-6-4-13/h1-2,7,18H,3-6H2. The zero-order valence-electron chi connectivity index (χ0n) is 9.47. The number of halogens is 1. The van der Waals surface area contributed by atoms with Crippen LogP contribution >= 0.6 is 11.6 Å². The molecule has 5 nitrogen and oxygen atoms in total. The molecule has 0 atom stereocenters. The van der Waals surface area contributed by atoms with Gasteiger partial charge in [-0.25, -0.2) is 8.42 Å². The molecule has 98 valence electrons. The van der Waals surface area contributed by atoms with E-state index in [1.54, 1.807) is 4.90 Å². The van der Waals surface area contributed by atoms with E-state index in [0.717, 1.165) is 0 Å². The number of ether oxygens (including phenoxy) is 1. The highest BCUT2D eigenvalue weighted by molar-refractivity contribution is 7.72. The molecule has 0 saturated carbocycles. The predicted molar refractivity (Wildman–Crippen MR) is 66.8 cm³/mol. The summed E-state index contributed by atoms with van der Waals surface area (Å²) < 4.78 is 27.1. The summed E-state index contributed by atoms with van der Waals surface area (Å²) >= 11 is 5.75. The maximum Gasteiger partial charge on any atom is 0.254 e. The predicted octanol–water partition coefficient (Wildman–Crippen LogP) is 0.783. The van der Waals surface area contributed by atoms with Crippen LogP contribution in [-0.2, 0) is 15.4 Å². The molecule has 18 heavy (non-hydrogen) atoms. The van der Waals surface area contributed by atoms with Crippen LogP contribution in [-0.4, -0.2) is 45.5 Å². The van der Waals surface area contributed by atoms with Gasteiger partial charge in [0.1, 0.15) is 0 Å². The van der Waals surface area contributed by atoms with E-state index in [1.807, 2.05) is 0 Å². The molecule has 1 saturated heterocycles. The number of hydrogen-bond acceptors (Lipinski definition) is 4. The number of carbonyl (C=O) groups is 1. The number of rotatable bonds is 2. The zero-order chi connectivity index (χ0) is 13.1. The van der Waals surface area contributed by atoms with E-state index in [1.165, 1.54) is 18.2 Å². The van der Waals surface area contributed by atoms with Gasteiger partial charge in [-0.1, -0.05) is 11.6 Å². The van der Waals surface area contributed by atoms with Gasteiger partial charge in [0, 0.05) is 18.7 Å². The largest absolute Gasteiger partial charge is 0.378 e. The fourth-order valence-corrected chi connectivity index (χ4v) is 2.55. The summed E-state index contributed by atoms with van der Waals surface area (Å²) in [5.41, 5.74) is 0.329. The van der Waals surface area contributed by atoms with Crippen molar-refractivity contribution in [3.8, 4) is 0 Å². The zero-order valence-corrected chi connectivity index (χ0v) is 11.1. The average Bonchev–Trinajstić information content (AvgIpc) is 2.39. The lowest BCUT2D eigenvalue weighted by molar-refractivity contribution is 0.0302. The third-order valence-electron chi connectivity index (χ3n) is 2.69. The molecule has 0 bridgehead atoms. The fourth-order valence-electron chi connectivity index (χ4n) is 1.73. The number of morpholine rings is 1. The fraction of sp³-hybridized carbons (Fsp3) is 0.364. The highest BCUT2D eigenvalue weighted by atomic mass is 35.5. The smallest absolute Gasteiger partial charge is 0.254 e. The number of thiol groups is 1. The van der Waals surface area contributed by atoms with Crippen LogP contribution in [0.5, 0.6) is 0 Å². The van der Waals surface area contributed by atoms with Gasteiger partial charge in [0.15, 0.2) is 10.7 Å². The Morgan fingerprint density at radius 3 is 2.56 bits per heavy atom. The van der Waals surface area contributed by atoms with Crippen LogP contribution in [0.25, 0.3) is 0 Å². The van der Waals surface area contributed by atoms with E-state index >= 15 is 0 Å². The maximum absolute atomic E-state index is 12.1. The van der Waals surface area contributed by atoms with E-state index in [-0.39, 0.29) is 15.8 Å². The molecular weight excluding hydrogens is 278 g/mol. The number of carbonyl (C=O) groups excluding carboxylic acids is 1. The first kappa shape index (κ1) is 13.3. The lowest BCUT2D eigenvalue weighted by Crippen LogP contribution is -2.40. The van der Waals surface area contributed by atoms with Gasteiger partial charge in [-0.2, -0.15) is 0 Å². The van der Waals surface area contributed by atoms with E-state index in [2.05, 4.69) is 0 Å². The molecule has 0 radical (unpaired) electrons. The second-order valence-electron chi connectivity index (χ2n) is 3.83. The van der Waals surface area contributed by atoms with Gasteiger partial charge < -0.3 is 9.64 Å². The maximum atomic E-state index is 12.1. The van der Waals surface area contributed by atoms with Gasteiger partial charge in [0.05, 0.1) is 23.1 Å². The van der Waals surface area contributed by atoms with Crippen molar-refractivity contribution < 1.29 is 17.9 Å². The van der Waals surface area contributed by atoms with Crippen molar-refractivity contribution in [2.24, 2.45) is 0 Å². The van der Waals surface area contributed by atoms with Crippen molar-refractivity contribution >= 4 is 28.2 Å². The summed E-state index contributed by atoms with van der Waals surface area (Å²) in [6.45, 7) is 2.03. The summed E-state index contributed by atoms with van der Waals surface area (Å²) in [5.74, 6) is -0.201. The highest BCUT2D eigenvalue weighted by Gasteiger charge is 2.19. The summed E-state index contributed by atoms with van der Waals surface area (Å²) in [6.07, 6.45) is 0. The summed E-state index contributed by atoms with van der Waals surface area (Å²) in [6, 6.07) is 4.27. The summed E-state index contributed by atoms with van der Waals surface area (Å²) in [7, 11) is -2.80. The van der Waals surface area contributed by atoms with Gasteiger partial charge >= 0.3 is 0 Å². The normalized spacial score (nSPS) is 16.0. The Kier molecular flexibility index (Phi) is 4.21. The first-order chi connectivity index (χ1) is 8.59. The highest BCUT2D eigenvalue weighted by Crippen LogP contribution is 2.20. The first-order valence-electron chi connectivity index (χ1n) is 5.40. The van der Waals surface area contributed by atoms with Crippen molar-refractivity contribution in [3.63, 3.8) is 0 Å². The Bertz CT molecular complexity index is 530. The molecule has 2 rings (SSSR count). The van der Waals surface area contributed by atoms with Crippen LogP contribution in [0.1, 0.15) is 10.4 Å². The van der Waals surface area contributed by atoms with Crippen LogP contribution in [0.15, 0.2) is 23.1 Å². The lowest BCUT2D eigenvalue weighted by Gasteiger charge is -2.26. The summed E-state index contributed by atoms with van der Waals surface area (Å²) in [4.78, 5) is 13.7. The number of nitrogens with zero attached hydrogens (tertiary/aromatic N) is 1. The van der Waals surface area contributed by atoms with E-state index < -0.39 is 10.7 Å². The number of amides is 1. The Balaban J connectivity index is 2.27. The van der Waals surface area contributed by atoms with Crippen molar-refractivity contribution in [1.29, 1.82) is 0 Å². The second kappa shape index (κ2) is 5.69. The Labute approximate surface area is 111 Å². The SMILES string of the molecule is O=C(c1ccc(Cl)c([SH](=O)=O)c1)N1CCOCC1. The van der Waals surface area contributed by atoms with E-state index in [4.69, 9.17) is 16.3 Å². The van der Waals surface area contributed by atoms with Crippen molar-refractivity contribution in [3.05, 3.63) is 28.8 Å². The Morgan fingerprint density at radius 1 is 1.28 bits per heavy atom. The molecule has 0 aliphatic carbocycles. The molecule has 1 aliphatic heterocycles. The van der Waals surface area contributed by atoms with Gasteiger partial charge in [0.2, 0.25) is 0 Å². The quantitative estimate of drug-likeness (QED) is 0.818. The third-order valence-corrected chi connectivity index (χ3v) is 3.91. The molecule has 0 aromatic heterocycles.